The van der Waals surface area contributed by atoms with E-state index >= 15 is 0 Å². The van der Waals surface area contributed by atoms with Crippen LogP contribution in [0.15, 0.2) is 18.2 Å². The van der Waals surface area contributed by atoms with Crippen molar-refractivity contribution in [1.29, 1.82) is 0 Å². The summed E-state index contributed by atoms with van der Waals surface area (Å²) in [6.45, 7) is 6.24. The fourth-order valence-electron chi connectivity index (χ4n) is 2.77. The van der Waals surface area contributed by atoms with E-state index < -0.39 is 0 Å². The van der Waals surface area contributed by atoms with Crippen LogP contribution in [-0.2, 0) is 6.42 Å². The smallest absolute Gasteiger partial charge is 0.142 e. The molecule has 2 heterocycles. The van der Waals surface area contributed by atoms with Gasteiger partial charge in [0.05, 0.1) is 11.7 Å². The van der Waals surface area contributed by atoms with Gasteiger partial charge in [-0.1, -0.05) is 19.4 Å². The minimum atomic E-state index is 0.508. The predicted octanol–water partition coefficient (Wildman–Crippen LogP) is 1.81. The second-order valence-corrected chi connectivity index (χ2v) is 4.91. The van der Waals surface area contributed by atoms with Crippen molar-refractivity contribution in [1.82, 2.24) is 5.32 Å². The highest BCUT2D eigenvalue weighted by Crippen LogP contribution is 2.35. The van der Waals surface area contributed by atoms with Crippen molar-refractivity contribution >= 4 is 5.69 Å². The lowest BCUT2D eigenvalue weighted by atomic mass is 10.1. The van der Waals surface area contributed by atoms with Gasteiger partial charge in [0.1, 0.15) is 12.4 Å². The first-order chi connectivity index (χ1) is 8.38. The van der Waals surface area contributed by atoms with Gasteiger partial charge in [-0.05, 0) is 24.1 Å². The van der Waals surface area contributed by atoms with E-state index in [4.69, 9.17) is 4.74 Å². The number of benzene rings is 1. The number of hydrogen-bond donors (Lipinski definition) is 1. The molecule has 1 saturated heterocycles. The molecule has 1 aromatic carbocycles. The maximum absolute atomic E-state index is 5.90. The fraction of sp³-hybridized carbons (Fsp3) is 0.571. The Bertz CT molecular complexity index is 405. The summed E-state index contributed by atoms with van der Waals surface area (Å²) >= 11 is 0. The number of nitrogens with zero attached hydrogens (tertiary/aromatic N) is 1. The predicted molar refractivity (Wildman–Crippen MR) is 69.9 cm³/mol. The van der Waals surface area contributed by atoms with Crippen molar-refractivity contribution in [2.45, 2.75) is 25.8 Å². The molecule has 0 aliphatic carbocycles. The van der Waals surface area contributed by atoms with Gasteiger partial charge in [-0.3, -0.25) is 0 Å². The number of aryl methyl sites for hydroxylation is 1. The zero-order chi connectivity index (χ0) is 11.7. The average Bonchev–Trinajstić information content (AvgIpc) is 2.39. The Morgan fingerprint density at radius 1 is 1.47 bits per heavy atom. The quantitative estimate of drug-likeness (QED) is 0.841. The monoisotopic (exact) mass is 232 g/mol. The van der Waals surface area contributed by atoms with Gasteiger partial charge in [0.2, 0.25) is 0 Å². The molecule has 1 atom stereocenters. The normalized spacial score (nSPS) is 22.6. The standard InChI is InChI=1S/C14H20N2O/c1-2-3-11-4-5-13-14(8-11)17-10-12-9-15-6-7-16(12)13/h4-5,8,12,15H,2-3,6-7,9-10H2,1H3. The van der Waals surface area contributed by atoms with Gasteiger partial charge in [0, 0.05) is 19.6 Å². The Kier molecular flexibility index (Phi) is 2.93. The first-order valence-corrected chi connectivity index (χ1v) is 6.61. The summed E-state index contributed by atoms with van der Waals surface area (Å²) < 4.78 is 5.90. The molecule has 1 unspecified atom stereocenters. The van der Waals surface area contributed by atoms with Crippen molar-refractivity contribution in [2.24, 2.45) is 0 Å². The van der Waals surface area contributed by atoms with E-state index in [9.17, 15) is 0 Å². The lowest BCUT2D eigenvalue weighted by Gasteiger charge is -2.42. The number of nitrogens with one attached hydrogen (secondary N) is 1. The average molecular weight is 232 g/mol. The summed E-state index contributed by atoms with van der Waals surface area (Å²) in [4.78, 5) is 2.49. The van der Waals surface area contributed by atoms with Crippen LogP contribution in [-0.4, -0.2) is 32.3 Å². The van der Waals surface area contributed by atoms with Crippen molar-refractivity contribution in [2.75, 3.05) is 31.1 Å². The van der Waals surface area contributed by atoms with Crippen LogP contribution in [0.3, 0.4) is 0 Å². The molecule has 0 spiro atoms. The molecule has 3 heteroatoms. The zero-order valence-electron chi connectivity index (χ0n) is 10.4. The lowest BCUT2D eigenvalue weighted by molar-refractivity contribution is 0.247. The summed E-state index contributed by atoms with van der Waals surface area (Å²) in [7, 11) is 0. The molecule has 1 N–H and O–H groups in total. The lowest BCUT2D eigenvalue weighted by Crippen LogP contribution is -2.55. The van der Waals surface area contributed by atoms with Gasteiger partial charge in [0.25, 0.3) is 0 Å². The van der Waals surface area contributed by atoms with E-state index in [1.165, 1.54) is 17.7 Å². The molecule has 0 bridgehead atoms. The van der Waals surface area contributed by atoms with Crippen LogP contribution in [0.2, 0.25) is 0 Å². The molecule has 0 radical (unpaired) electrons. The van der Waals surface area contributed by atoms with Crippen molar-refractivity contribution < 1.29 is 4.74 Å². The zero-order valence-corrected chi connectivity index (χ0v) is 10.4. The van der Waals surface area contributed by atoms with Gasteiger partial charge >= 0.3 is 0 Å². The van der Waals surface area contributed by atoms with Crippen LogP contribution in [0, 0.1) is 0 Å². The number of fused-ring (bicyclic) bond motifs is 3. The van der Waals surface area contributed by atoms with E-state index in [2.05, 4.69) is 35.3 Å². The Hall–Kier alpha value is -1.22. The number of hydrogen-bond acceptors (Lipinski definition) is 3. The number of piperazine rings is 1. The van der Waals surface area contributed by atoms with Crippen molar-refractivity contribution in [3.63, 3.8) is 0 Å². The molecule has 1 aromatic rings. The second-order valence-electron chi connectivity index (χ2n) is 4.91. The van der Waals surface area contributed by atoms with Gasteiger partial charge < -0.3 is 15.0 Å². The molecule has 92 valence electrons. The maximum Gasteiger partial charge on any atom is 0.142 e. The van der Waals surface area contributed by atoms with Gasteiger partial charge in [-0.25, -0.2) is 0 Å². The molecular formula is C14H20N2O. The van der Waals surface area contributed by atoms with Crippen LogP contribution in [0.25, 0.3) is 0 Å². The number of anilines is 1. The Morgan fingerprint density at radius 2 is 2.41 bits per heavy atom. The van der Waals surface area contributed by atoms with Crippen LogP contribution in [0.5, 0.6) is 5.75 Å². The number of ether oxygens (including phenoxy) is 1. The third-order valence-corrected chi connectivity index (χ3v) is 3.65. The summed E-state index contributed by atoms with van der Waals surface area (Å²) in [5, 5.41) is 3.42. The molecule has 0 aromatic heterocycles. The van der Waals surface area contributed by atoms with E-state index in [1.54, 1.807) is 0 Å². The molecule has 2 aliphatic heterocycles. The fourth-order valence-corrected chi connectivity index (χ4v) is 2.77. The van der Waals surface area contributed by atoms with Gasteiger partial charge in [-0.15, -0.1) is 0 Å². The molecule has 0 saturated carbocycles. The van der Waals surface area contributed by atoms with Crippen LogP contribution >= 0.6 is 0 Å². The largest absolute Gasteiger partial charge is 0.489 e. The molecule has 0 amide bonds. The van der Waals surface area contributed by atoms with E-state index in [1.807, 2.05) is 0 Å². The van der Waals surface area contributed by atoms with Crippen LogP contribution in [0.1, 0.15) is 18.9 Å². The highest BCUT2D eigenvalue weighted by Gasteiger charge is 2.29. The number of rotatable bonds is 2. The van der Waals surface area contributed by atoms with Crippen molar-refractivity contribution in [3.05, 3.63) is 23.8 Å². The SMILES string of the molecule is CCCc1ccc2c(c1)OCC1CNCCN21. The minimum Gasteiger partial charge on any atom is -0.489 e. The van der Waals surface area contributed by atoms with Crippen LogP contribution in [0.4, 0.5) is 5.69 Å². The Labute approximate surface area is 103 Å². The summed E-state index contributed by atoms with van der Waals surface area (Å²) in [6, 6.07) is 7.21. The Morgan fingerprint density at radius 3 is 3.29 bits per heavy atom. The van der Waals surface area contributed by atoms with Crippen molar-refractivity contribution in [3.8, 4) is 5.75 Å². The second kappa shape index (κ2) is 4.57. The van der Waals surface area contributed by atoms with E-state index in [0.29, 0.717) is 6.04 Å². The van der Waals surface area contributed by atoms with E-state index in [0.717, 1.165) is 38.4 Å². The van der Waals surface area contributed by atoms with Gasteiger partial charge in [-0.2, -0.15) is 0 Å². The first-order valence-electron chi connectivity index (χ1n) is 6.61. The summed E-state index contributed by atoms with van der Waals surface area (Å²) in [5.74, 6) is 1.08. The highest BCUT2D eigenvalue weighted by atomic mass is 16.5. The topological polar surface area (TPSA) is 24.5 Å². The third kappa shape index (κ3) is 2.00. The molecule has 17 heavy (non-hydrogen) atoms. The minimum absolute atomic E-state index is 0.508. The molecule has 3 nitrogen and oxygen atoms in total. The summed E-state index contributed by atoms with van der Waals surface area (Å²) in [5.41, 5.74) is 2.67. The first kappa shape index (κ1) is 10.9. The van der Waals surface area contributed by atoms with Crippen LogP contribution < -0.4 is 15.0 Å². The van der Waals surface area contributed by atoms with E-state index in [-0.39, 0.29) is 0 Å². The molecule has 1 fully saturated rings. The maximum atomic E-state index is 5.90. The highest BCUT2D eigenvalue weighted by molar-refractivity contribution is 5.62. The molecular weight excluding hydrogens is 212 g/mol. The molecule has 3 rings (SSSR count). The third-order valence-electron chi connectivity index (χ3n) is 3.65. The summed E-state index contributed by atoms with van der Waals surface area (Å²) in [6.07, 6.45) is 2.33. The van der Waals surface area contributed by atoms with Gasteiger partial charge in [0.15, 0.2) is 0 Å². The molecule has 2 aliphatic rings. The Balaban J connectivity index is 1.89.